The highest BCUT2D eigenvalue weighted by atomic mass is 32.2. The van der Waals surface area contributed by atoms with Gasteiger partial charge in [0.15, 0.2) is 5.79 Å². The molecule has 9 heteroatoms. The van der Waals surface area contributed by atoms with E-state index in [1.807, 2.05) is 30.3 Å². The molecule has 0 saturated carbocycles. The Morgan fingerprint density at radius 3 is 2.35 bits per heavy atom. The van der Waals surface area contributed by atoms with Gasteiger partial charge in [-0.2, -0.15) is 13.2 Å². The van der Waals surface area contributed by atoms with E-state index in [2.05, 4.69) is 5.32 Å². The number of benzene rings is 2. The van der Waals surface area contributed by atoms with Gasteiger partial charge in [-0.15, -0.1) is 11.8 Å². The van der Waals surface area contributed by atoms with Crippen LogP contribution in [0.4, 0.5) is 18.0 Å². The van der Waals surface area contributed by atoms with Gasteiger partial charge >= 0.3 is 12.3 Å². The van der Waals surface area contributed by atoms with Crippen molar-refractivity contribution in [2.75, 3.05) is 19.0 Å². The fourth-order valence-electron chi connectivity index (χ4n) is 3.78. The van der Waals surface area contributed by atoms with Gasteiger partial charge < -0.3 is 19.9 Å². The molecule has 1 aliphatic rings. The Morgan fingerprint density at radius 2 is 1.74 bits per heavy atom. The van der Waals surface area contributed by atoms with Gasteiger partial charge in [0.25, 0.3) is 0 Å². The number of thioether (sulfide) groups is 1. The number of hydrogen-bond donors (Lipinski definition) is 2. The van der Waals surface area contributed by atoms with E-state index < -0.39 is 29.2 Å². The Hall–Kier alpha value is -2.23. The molecular weight excluding hydrogens is 467 g/mol. The number of rotatable bonds is 9. The van der Waals surface area contributed by atoms with E-state index in [9.17, 15) is 23.1 Å². The first-order valence-corrected chi connectivity index (χ1v) is 12.1. The summed E-state index contributed by atoms with van der Waals surface area (Å²) >= 11 is 1.21. The molecule has 0 spiro atoms. The molecular formula is C25H30F3NO4S. The second-order valence-electron chi connectivity index (χ2n) is 8.95. The standard InChI is InChI=1S/C25H30F3NO4S/c1-23(2)32-16-24(17-33-23,29-22(30)31)13-12-19-10-11-21(20(15-19)25(26,27)28)34-14-6-9-18-7-4-3-5-8-18/h3-5,7-8,10-11,15,29H,6,9,12-14,16-17H2,1-2H3,(H,30,31). The molecule has 0 aromatic heterocycles. The Balaban J connectivity index is 1.65. The van der Waals surface area contributed by atoms with Crippen molar-refractivity contribution in [1.82, 2.24) is 5.32 Å². The van der Waals surface area contributed by atoms with Gasteiger partial charge in [0.1, 0.15) is 0 Å². The van der Waals surface area contributed by atoms with Crippen LogP contribution in [-0.4, -0.2) is 41.5 Å². The second-order valence-corrected chi connectivity index (χ2v) is 10.1. The minimum Gasteiger partial charge on any atom is -0.465 e. The van der Waals surface area contributed by atoms with Crippen LogP contribution in [0.15, 0.2) is 53.4 Å². The third kappa shape index (κ3) is 7.65. The monoisotopic (exact) mass is 497 g/mol. The lowest BCUT2D eigenvalue weighted by atomic mass is 9.91. The topological polar surface area (TPSA) is 67.8 Å². The first-order chi connectivity index (χ1) is 16.0. The van der Waals surface area contributed by atoms with Crippen molar-refractivity contribution in [3.8, 4) is 0 Å². The fraction of sp³-hybridized carbons (Fsp3) is 0.480. The van der Waals surface area contributed by atoms with E-state index in [-0.39, 0.29) is 31.0 Å². The SMILES string of the molecule is CC1(C)OCC(CCc2ccc(SCCCc3ccccc3)c(C(F)(F)F)c2)(NC(=O)O)CO1. The van der Waals surface area contributed by atoms with Crippen LogP contribution < -0.4 is 5.32 Å². The summed E-state index contributed by atoms with van der Waals surface area (Å²) in [6, 6.07) is 14.2. The molecule has 0 radical (unpaired) electrons. The molecule has 0 unspecified atom stereocenters. The highest BCUT2D eigenvalue weighted by Crippen LogP contribution is 2.38. The predicted molar refractivity (Wildman–Crippen MR) is 125 cm³/mol. The van der Waals surface area contributed by atoms with Crippen LogP contribution >= 0.6 is 11.8 Å². The lowest BCUT2D eigenvalue weighted by molar-refractivity contribution is -0.271. The molecule has 1 heterocycles. The molecule has 1 saturated heterocycles. The third-order valence-electron chi connectivity index (χ3n) is 5.72. The minimum atomic E-state index is -4.48. The number of alkyl halides is 3. The number of halogens is 3. The van der Waals surface area contributed by atoms with Gasteiger partial charge in [-0.1, -0.05) is 36.4 Å². The van der Waals surface area contributed by atoms with Crippen LogP contribution in [0.5, 0.6) is 0 Å². The molecule has 0 bridgehead atoms. The average Bonchev–Trinajstić information content (AvgIpc) is 2.77. The van der Waals surface area contributed by atoms with Crippen LogP contribution in [-0.2, 0) is 28.5 Å². The van der Waals surface area contributed by atoms with Gasteiger partial charge in [-0.3, -0.25) is 0 Å². The number of amides is 1. The molecule has 2 aromatic rings. The molecule has 2 N–H and O–H groups in total. The van der Waals surface area contributed by atoms with E-state index in [0.29, 0.717) is 11.3 Å². The maximum absolute atomic E-state index is 13.8. The largest absolute Gasteiger partial charge is 0.465 e. The average molecular weight is 498 g/mol. The Bertz CT molecular complexity index is 956. The molecule has 3 rings (SSSR count). The minimum absolute atomic E-state index is 0.0772. The summed E-state index contributed by atoms with van der Waals surface area (Å²) in [6.07, 6.45) is -3.63. The zero-order valence-electron chi connectivity index (χ0n) is 19.3. The van der Waals surface area contributed by atoms with E-state index in [0.717, 1.165) is 18.4 Å². The number of hydrogen-bond acceptors (Lipinski definition) is 4. The second kappa shape index (κ2) is 11.0. The third-order valence-corrected chi connectivity index (χ3v) is 6.88. The summed E-state index contributed by atoms with van der Waals surface area (Å²) in [5.74, 6) is -0.264. The highest BCUT2D eigenvalue weighted by Gasteiger charge is 2.41. The molecule has 1 aliphatic heterocycles. The Kier molecular flexibility index (Phi) is 8.54. The number of nitrogens with one attached hydrogen (secondary N) is 1. The van der Waals surface area contributed by atoms with E-state index in [1.165, 1.54) is 23.9 Å². The molecule has 0 atom stereocenters. The highest BCUT2D eigenvalue weighted by molar-refractivity contribution is 7.99. The Labute approximate surface area is 202 Å². The lowest BCUT2D eigenvalue weighted by Crippen LogP contribution is -2.61. The lowest BCUT2D eigenvalue weighted by Gasteiger charge is -2.43. The molecule has 34 heavy (non-hydrogen) atoms. The van der Waals surface area contributed by atoms with E-state index in [4.69, 9.17) is 9.47 Å². The maximum Gasteiger partial charge on any atom is 0.417 e. The summed E-state index contributed by atoms with van der Waals surface area (Å²) < 4.78 is 52.6. The molecule has 2 aromatic carbocycles. The van der Waals surface area contributed by atoms with Crippen LogP contribution in [0.25, 0.3) is 0 Å². The van der Waals surface area contributed by atoms with Gasteiger partial charge in [0.05, 0.1) is 24.3 Å². The van der Waals surface area contributed by atoms with Crippen molar-refractivity contribution in [3.05, 3.63) is 65.2 Å². The molecule has 186 valence electrons. The maximum atomic E-state index is 13.8. The fourth-order valence-corrected chi connectivity index (χ4v) is 4.78. The van der Waals surface area contributed by atoms with Gasteiger partial charge in [0.2, 0.25) is 0 Å². The van der Waals surface area contributed by atoms with Crippen molar-refractivity contribution in [2.24, 2.45) is 0 Å². The van der Waals surface area contributed by atoms with Gasteiger partial charge in [0, 0.05) is 4.90 Å². The zero-order valence-corrected chi connectivity index (χ0v) is 20.1. The van der Waals surface area contributed by atoms with Gasteiger partial charge in [-0.05, 0) is 68.5 Å². The van der Waals surface area contributed by atoms with Crippen molar-refractivity contribution < 1.29 is 32.5 Å². The number of carboxylic acid groups (broad SMARTS) is 1. The summed E-state index contributed by atoms with van der Waals surface area (Å²) in [4.78, 5) is 11.5. The van der Waals surface area contributed by atoms with Crippen molar-refractivity contribution in [3.63, 3.8) is 0 Å². The van der Waals surface area contributed by atoms with Crippen LogP contribution in [0.3, 0.4) is 0 Å². The summed E-state index contributed by atoms with van der Waals surface area (Å²) in [5.41, 5.74) is -0.0352. The summed E-state index contributed by atoms with van der Waals surface area (Å²) in [7, 11) is 0. The van der Waals surface area contributed by atoms with Crippen LogP contribution in [0, 0.1) is 0 Å². The zero-order chi connectivity index (χ0) is 24.8. The first kappa shape index (κ1) is 26.4. The Morgan fingerprint density at radius 1 is 1.06 bits per heavy atom. The molecule has 0 aliphatic carbocycles. The van der Waals surface area contributed by atoms with Crippen LogP contribution in [0.1, 0.15) is 43.4 Å². The molecule has 1 amide bonds. The number of ether oxygens (including phenoxy) is 2. The van der Waals surface area contributed by atoms with Crippen LogP contribution in [0.2, 0.25) is 0 Å². The van der Waals surface area contributed by atoms with E-state index in [1.54, 1.807) is 19.9 Å². The summed E-state index contributed by atoms with van der Waals surface area (Å²) in [6.45, 7) is 3.61. The quantitative estimate of drug-likeness (QED) is 0.321. The number of carbonyl (C=O) groups is 1. The van der Waals surface area contributed by atoms with Gasteiger partial charge in [-0.25, -0.2) is 4.79 Å². The first-order valence-electron chi connectivity index (χ1n) is 11.1. The van der Waals surface area contributed by atoms with Crippen molar-refractivity contribution in [2.45, 2.75) is 61.9 Å². The smallest absolute Gasteiger partial charge is 0.417 e. The molecule has 5 nitrogen and oxygen atoms in total. The van der Waals surface area contributed by atoms with E-state index >= 15 is 0 Å². The molecule has 1 fully saturated rings. The summed E-state index contributed by atoms with van der Waals surface area (Å²) in [5, 5.41) is 11.7. The number of aryl methyl sites for hydroxylation is 2. The predicted octanol–water partition coefficient (Wildman–Crippen LogP) is 6.15. The van der Waals surface area contributed by atoms with Crippen molar-refractivity contribution in [1.29, 1.82) is 0 Å². The van der Waals surface area contributed by atoms with Crippen molar-refractivity contribution >= 4 is 17.9 Å². The normalized spacial score (nSPS) is 17.3.